The highest BCUT2D eigenvalue weighted by Gasteiger charge is 2.41. The fourth-order valence-corrected chi connectivity index (χ4v) is 15.1. The number of ether oxygens (including phenoxy) is 1. The number of aliphatic carboxylic acids is 2. The summed E-state index contributed by atoms with van der Waals surface area (Å²) in [6, 6.07) is 3.71. The normalized spacial score (nSPS) is 23.5. The van der Waals surface area contributed by atoms with Crippen molar-refractivity contribution < 1.29 is 111 Å². The van der Waals surface area contributed by atoms with Gasteiger partial charge in [-0.2, -0.15) is 0 Å². The van der Waals surface area contributed by atoms with Gasteiger partial charge in [-0.1, -0.05) is 154 Å². The predicted octanol–water partition coefficient (Wildman–Crippen LogP) is -2.04. The van der Waals surface area contributed by atoms with Gasteiger partial charge in [-0.3, -0.25) is 86.3 Å². The van der Waals surface area contributed by atoms with Crippen LogP contribution in [0.4, 0.5) is 0 Å². The second-order valence-electron chi connectivity index (χ2n) is 34.9. The van der Waals surface area contributed by atoms with Gasteiger partial charge in [0, 0.05) is 55.7 Å². The number of benzene rings is 4. The molecule has 42 nitrogen and oxygen atoms in total. The number of carbonyl (C=O) groups excluding carboxylic acids is 17. The van der Waals surface area contributed by atoms with Crippen molar-refractivity contribution >= 4 is 135 Å². The third kappa shape index (κ3) is 34.5. The average molecular weight is 1890 g/mol. The summed E-state index contributed by atoms with van der Waals surface area (Å²) in [6.07, 6.45) is -2.03. The minimum absolute atomic E-state index is 0.0525. The highest BCUT2D eigenvalue weighted by molar-refractivity contribution is 8.00. The Morgan fingerprint density at radius 1 is 0.463 bits per heavy atom. The zero-order valence-electron chi connectivity index (χ0n) is 77.2. The quantitative estimate of drug-likeness (QED) is 0.0269. The second-order valence-corrected chi connectivity index (χ2v) is 35.9. The molecular weight excluding hydrogens is 1760 g/mol. The number of carbonyl (C=O) groups is 19. The Morgan fingerprint density at radius 3 is 1.37 bits per heavy atom. The van der Waals surface area contributed by atoms with Crippen LogP contribution in [0, 0.1) is 29.6 Å². The van der Waals surface area contributed by atoms with Gasteiger partial charge in [0.1, 0.15) is 96.4 Å². The lowest BCUT2D eigenvalue weighted by atomic mass is 9.97. The van der Waals surface area contributed by atoms with Crippen molar-refractivity contribution in [3.05, 3.63) is 126 Å². The molecule has 0 radical (unpaired) electrons. The summed E-state index contributed by atoms with van der Waals surface area (Å²) in [5.41, 5.74) is 20.6. The molecule has 1 aliphatic rings. The number of nitrogens with two attached hydrogens (primary N) is 3. The minimum Gasteiger partial charge on any atom is -0.482 e. The number of aliphatic hydroxyl groups is 1. The zero-order chi connectivity index (χ0) is 99.7. The van der Waals surface area contributed by atoms with E-state index >= 15 is 28.8 Å². The number of primary amides is 2. The van der Waals surface area contributed by atoms with Gasteiger partial charge in [0.2, 0.25) is 100 Å². The maximum atomic E-state index is 15.4. The molecule has 0 bridgehead atoms. The summed E-state index contributed by atoms with van der Waals surface area (Å²) in [6.45, 7) is 16.4. The molecule has 0 unspecified atom stereocenters. The summed E-state index contributed by atoms with van der Waals surface area (Å²) < 4.78 is 5.28. The number of likely N-dealkylation sites (N-methyl/N-ethyl adjacent to an activating group) is 1. The number of hydrogen-bond acceptors (Lipinski definition) is 23. The molecule has 15 atom stereocenters. The van der Waals surface area contributed by atoms with Crippen LogP contribution in [0.2, 0.25) is 0 Å². The van der Waals surface area contributed by atoms with Crippen molar-refractivity contribution in [1.82, 2.24) is 84.3 Å². The molecule has 1 saturated heterocycles. The lowest BCUT2D eigenvalue weighted by Gasteiger charge is -2.33. The van der Waals surface area contributed by atoms with Gasteiger partial charge in [-0.05, 0) is 109 Å². The number of carboxylic acid groups (broad SMARTS) is 2. The number of rotatable bonds is 27. The lowest BCUT2D eigenvalue weighted by molar-refractivity contribution is -0.143. The van der Waals surface area contributed by atoms with E-state index < -0.39 is 277 Å². The molecule has 730 valence electrons. The monoisotopic (exact) mass is 1890 g/mol. The van der Waals surface area contributed by atoms with Gasteiger partial charge in [0.05, 0.1) is 25.2 Å². The number of nitrogens with zero attached hydrogens (tertiary/aromatic N) is 1. The van der Waals surface area contributed by atoms with Crippen molar-refractivity contribution in [2.24, 2.45) is 46.8 Å². The lowest BCUT2D eigenvalue weighted by Crippen LogP contribution is -2.62. The smallest absolute Gasteiger partial charge is 0.341 e. The Bertz CT molecular complexity index is 4980. The minimum atomic E-state index is -2.10. The highest BCUT2D eigenvalue weighted by atomic mass is 32.2. The number of aromatic nitrogens is 1. The molecule has 2 heterocycles. The maximum absolute atomic E-state index is 15.4. The number of aromatic amines is 1. The number of H-pyrrole nitrogens is 1. The number of carboxylic acids is 2. The summed E-state index contributed by atoms with van der Waals surface area (Å²) in [5, 5.41) is 66.3. The van der Waals surface area contributed by atoms with E-state index in [4.69, 9.17) is 21.9 Å². The van der Waals surface area contributed by atoms with Gasteiger partial charge in [0.15, 0.2) is 6.61 Å². The van der Waals surface area contributed by atoms with Crippen LogP contribution < -0.4 is 96.4 Å². The predicted molar refractivity (Wildman–Crippen MR) is 493 cm³/mol. The topological polar surface area (TPSA) is 660 Å². The summed E-state index contributed by atoms with van der Waals surface area (Å²) >= 11 is 0.649. The van der Waals surface area contributed by atoms with E-state index in [2.05, 4.69) is 79.4 Å². The molecule has 43 heteroatoms. The van der Waals surface area contributed by atoms with E-state index in [1.54, 1.807) is 110 Å². The molecule has 0 saturated carbocycles. The molecule has 17 amide bonds. The van der Waals surface area contributed by atoms with Gasteiger partial charge < -0.3 is 122 Å². The summed E-state index contributed by atoms with van der Waals surface area (Å²) in [5.74, 6) is -24.9. The zero-order valence-corrected chi connectivity index (χ0v) is 78.0. The molecule has 1 fully saturated rings. The van der Waals surface area contributed by atoms with Crippen molar-refractivity contribution in [2.45, 2.75) is 225 Å². The molecule has 24 N–H and O–H groups in total. The van der Waals surface area contributed by atoms with Crippen molar-refractivity contribution in [3.8, 4) is 16.9 Å². The molecule has 1 aromatic heterocycles. The van der Waals surface area contributed by atoms with E-state index in [1.807, 2.05) is 30.3 Å². The van der Waals surface area contributed by atoms with Crippen LogP contribution in [-0.2, 0) is 110 Å². The van der Waals surface area contributed by atoms with Crippen LogP contribution in [0.5, 0.6) is 5.75 Å². The Morgan fingerprint density at radius 2 is 0.881 bits per heavy atom. The number of thioether (sulfide) groups is 1. The highest BCUT2D eigenvalue weighted by Crippen LogP contribution is 2.24. The molecule has 0 spiro atoms. The summed E-state index contributed by atoms with van der Waals surface area (Å²) in [4.78, 5) is 274. The second kappa shape index (κ2) is 52.6. The Hall–Kier alpha value is -13.6. The SMILES string of the molecule is CC(C)C[C@@H]1NC(=O)[C@H](Cc2c[nH]c3ccccc23)NC(=O)[C@H](CC(=O)O)NC(=O)[C@H](Cc2ccc(OCC(=O)O)cc2)NC(=O)[C@H](CN)NC(=O)CSC[C@@H](C(=O)N[C@@H](C)C(N)=O)NC(=O)[C@H](CO)NC(=O)[C@H](C(C)C)NC(=O)[C@H](CC(C)C)NC(=O)[C@H](CC(N)=O)NC(=O)[C@@H](CC(C)C)NC(=O)[C@H](C)N(C)C(=O)[C@H](C(C)C)NC(=O)[C@H](Cc2ccc(-c3ccccc3)cc2)NC1=O. The van der Waals surface area contributed by atoms with Crippen molar-refractivity contribution in [3.63, 3.8) is 0 Å². The number of amides is 17. The van der Waals surface area contributed by atoms with Crippen LogP contribution in [-0.4, -0.2) is 267 Å². The maximum Gasteiger partial charge on any atom is 0.341 e. The average Bonchev–Trinajstić information content (AvgIpc) is 1.77. The third-order valence-electron chi connectivity index (χ3n) is 21.7. The fraction of sp³-hybridized carbons (Fsp3) is 0.505. The molecule has 4 aromatic carbocycles. The first-order valence-corrected chi connectivity index (χ1v) is 45.1. The van der Waals surface area contributed by atoms with Gasteiger partial charge in [-0.25, -0.2) is 4.79 Å². The molecular formula is C91H127N19O23S. The first-order valence-electron chi connectivity index (χ1n) is 44.0. The van der Waals surface area contributed by atoms with Gasteiger partial charge in [-0.15, -0.1) is 11.8 Å². The molecule has 1 aliphatic heterocycles. The van der Waals surface area contributed by atoms with Crippen LogP contribution in [0.1, 0.15) is 132 Å². The standard InChI is InChI=1S/C91H127N19O23S/c1-45(2)31-60-79(120)104-66(37-71(93)112)83(124)100-62(33-47(5)6)85(126)108-75(48(7)8)90(131)106-69(41-111)88(129)107-70(89(130)96-50(11)77(94)118)43-134-44-72(113)97-68(39-92)87(128)102-63(35-53-25-29-57(30-26-53)133-42-74(116)117)81(122)105-67(38-73(114)115)84(125)103-65(36-56-40-95-59-22-18-17-21-58(56)59)82(123)99-61(32-46(3)4)80(121)101-64(34-52-23-27-55(28-24-52)54-19-15-14-16-20-54)86(127)109-76(49(9)10)91(132)110(13)51(12)78(119)98-60/h14-30,40,45-51,60-70,75-76,95,111H,31-39,41-44,92H2,1-13H3,(H2,93,112)(H2,94,118)(H,96,130)(H,97,113)(H,98,119)(H,99,123)(H,100,124)(H,101,121)(H,102,128)(H,103,125)(H,104,120)(H,105,122)(H,106,131)(H,107,129)(H,108,126)(H,109,127)(H,114,115)(H,116,117)/t50-,51-,60+,61-,62-,63-,64-,65-,66-,67-,68-,69-,70-,75-,76-/m0/s1. The van der Waals surface area contributed by atoms with E-state index in [-0.39, 0.29) is 49.3 Å². The number of nitrogens with one attached hydrogen (secondary N) is 15. The number of hydrogen-bond donors (Lipinski definition) is 21. The van der Waals surface area contributed by atoms with Crippen molar-refractivity contribution in [1.29, 1.82) is 0 Å². The molecule has 0 aliphatic carbocycles. The van der Waals surface area contributed by atoms with E-state index in [0.717, 1.165) is 16.0 Å². The molecule has 6 rings (SSSR count). The van der Waals surface area contributed by atoms with Crippen LogP contribution in [0.25, 0.3) is 22.0 Å². The molecule has 134 heavy (non-hydrogen) atoms. The largest absolute Gasteiger partial charge is 0.482 e. The Labute approximate surface area is 779 Å². The van der Waals surface area contributed by atoms with Crippen LogP contribution >= 0.6 is 11.8 Å². The van der Waals surface area contributed by atoms with E-state index in [0.29, 0.717) is 33.8 Å². The summed E-state index contributed by atoms with van der Waals surface area (Å²) in [7, 11) is 1.26. The Kier molecular flexibility index (Phi) is 42.9. The van der Waals surface area contributed by atoms with Gasteiger partial charge in [0.25, 0.3) is 0 Å². The van der Waals surface area contributed by atoms with Gasteiger partial charge >= 0.3 is 11.9 Å². The van der Waals surface area contributed by atoms with Crippen LogP contribution in [0.3, 0.4) is 0 Å². The van der Waals surface area contributed by atoms with E-state index in [1.165, 1.54) is 59.0 Å². The first-order chi connectivity index (χ1) is 63.2. The third-order valence-corrected chi connectivity index (χ3v) is 22.8. The number of aliphatic hydroxyl groups excluding tert-OH is 1. The van der Waals surface area contributed by atoms with Crippen molar-refractivity contribution in [2.75, 3.05) is 38.3 Å². The molecule has 5 aromatic rings. The first kappa shape index (κ1) is 109. The number of para-hydroxylation sites is 1. The van der Waals surface area contributed by atoms with Crippen LogP contribution in [0.15, 0.2) is 109 Å². The fourth-order valence-electron chi connectivity index (χ4n) is 14.2. The van der Waals surface area contributed by atoms with E-state index in [9.17, 15) is 77.6 Å². The Balaban J connectivity index is 1.47. The number of fused-ring (bicyclic) bond motifs is 1.